The molecule has 0 radical (unpaired) electrons. The average Bonchev–Trinajstić information content (AvgIpc) is 2.72. The van der Waals surface area contributed by atoms with Crippen LogP contribution in [0.15, 0.2) is 28.9 Å². The minimum Gasteiger partial charge on any atom is -0.360 e. The van der Waals surface area contributed by atoms with E-state index in [-0.39, 0.29) is 5.54 Å². The van der Waals surface area contributed by atoms with Gasteiger partial charge in [0.2, 0.25) is 0 Å². The summed E-state index contributed by atoms with van der Waals surface area (Å²) in [5, 5.41) is 1.23. The summed E-state index contributed by atoms with van der Waals surface area (Å²) in [5.41, 5.74) is 8.91. The Balaban J connectivity index is 2.07. The normalized spacial score (nSPS) is 19.6. The number of fused-ring (bicyclic) bond motifs is 1. The van der Waals surface area contributed by atoms with Gasteiger partial charge in [0.1, 0.15) is 0 Å². The molecule has 1 aromatic heterocycles. The van der Waals surface area contributed by atoms with Gasteiger partial charge in [-0.3, -0.25) is 0 Å². The van der Waals surface area contributed by atoms with E-state index in [1.165, 1.54) is 35.7 Å². The van der Waals surface area contributed by atoms with E-state index in [4.69, 9.17) is 5.73 Å². The van der Waals surface area contributed by atoms with Crippen molar-refractivity contribution < 1.29 is 0 Å². The summed E-state index contributed by atoms with van der Waals surface area (Å²) >= 11 is 3.57. The number of nitrogens with one attached hydrogen (secondary N) is 1. The summed E-state index contributed by atoms with van der Waals surface area (Å²) < 4.78 is 1.12. The van der Waals surface area contributed by atoms with E-state index in [1.54, 1.807) is 0 Å². The van der Waals surface area contributed by atoms with Gasteiger partial charge in [-0.25, -0.2) is 0 Å². The summed E-state index contributed by atoms with van der Waals surface area (Å²) in [4.78, 5) is 3.24. The molecule has 1 aliphatic carbocycles. The first-order chi connectivity index (χ1) is 8.19. The highest BCUT2D eigenvalue weighted by Gasteiger charge is 2.29. The Morgan fingerprint density at radius 1 is 1.18 bits per heavy atom. The zero-order valence-corrected chi connectivity index (χ0v) is 11.4. The number of hydrogen-bond acceptors (Lipinski definition) is 1. The Morgan fingerprint density at radius 3 is 2.71 bits per heavy atom. The zero-order chi connectivity index (χ0) is 11.9. The molecule has 0 amide bonds. The fraction of sp³-hybridized carbons (Fsp3) is 0.429. The third-order valence-corrected chi connectivity index (χ3v) is 4.61. The molecule has 1 saturated carbocycles. The van der Waals surface area contributed by atoms with Gasteiger partial charge in [0, 0.05) is 27.1 Å². The molecule has 1 aromatic carbocycles. The van der Waals surface area contributed by atoms with Gasteiger partial charge in [-0.15, -0.1) is 0 Å². The maximum Gasteiger partial charge on any atom is 0.0465 e. The summed E-state index contributed by atoms with van der Waals surface area (Å²) in [6.07, 6.45) is 8.04. The van der Waals surface area contributed by atoms with Gasteiger partial charge in [0.15, 0.2) is 0 Å². The number of rotatable bonds is 1. The molecule has 0 atom stereocenters. The monoisotopic (exact) mass is 292 g/mol. The number of hydrogen-bond donors (Lipinski definition) is 2. The molecule has 0 bridgehead atoms. The number of benzene rings is 1. The van der Waals surface area contributed by atoms with E-state index in [9.17, 15) is 0 Å². The number of H-pyrrole nitrogens is 1. The minimum absolute atomic E-state index is 0.108. The average molecular weight is 293 g/mol. The molecule has 1 heterocycles. The van der Waals surface area contributed by atoms with Crippen LogP contribution >= 0.6 is 15.9 Å². The van der Waals surface area contributed by atoms with E-state index >= 15 is 0 Å². The van der Waals surface area contributed by atoms with E-state index in [2.05, 4.69) is 39.1 Å². The molecule has 17 heavy (non-hydrogen) atoms. The third kappa shape index (κ3) is 1.91. The largest absolute Gasteiger partial charge is 0.360 e. The molecular weight excluding hydrogens is 276 g/mol. The van der Waals surface area contributed by atoms with Gasteiger partial charge >= 0.3 is 0 Å². The topological polar surface area (TPSA) is 41.8 Å². The smallest absolute Gasteiger partial charge is 0.0465 e. The van der Waals surface area contributed by atoms with Crippen molar-refractivity contribution >= 4 is 26.8 Å². The van der Waals surface area contributed by atoms with Gasteiger partial charge < -0.3 is 10.7 Å². The van der Waals surface area contributed by atoms with Crippen molar-refractivity contribution in [2.75, 3.05) is 0 Å². The van der Waals surface area contributed by atoms with Crippen molar-refractivity contribution in [1.29, 1.82) is 0 Å². The van der Waals surface area contributed by atoms with Crippen LogP contribution in [0.5, 0.6) is 0 Å². The van der Waals surface area contributed by atoms with Crippen LogP contribution in [0.1, 0.15) is 37.7 Å². The molecule has 1 aliphatic rings. The number of aromatic amines is 1. The lowest BCUT2D eigenvalue weighted by Gasteiger charge is -2.34. The second-order valence-corrected chi connectivity index (χ2v) is 5.97. The van der Waals surface area contributed by atoms with Crippen LogP contribution in [-0.2, 0) is 5.54 Å². The highest BCUT2D eigenvalue weighted by Crippen LogP contribution is 2.36. The SMILES string of the molecule is NC1(c2ccc3[nH]cc(Br)c3c2)CCCCC1. The second-order valence-electron chi connectivity index (χ2n) is 5.11. The van der Waals surface area contributed by atoms with Gasteiger partial charge in [0.05, 0.1) is 0 Å². The van der Waals surface area contributed by atoms with Crippen molar-refractivity contribution in [1.82, 2.24) is 4.98 Å². The van der Waals surface area contributed by atoms with Crippen molar-refractivity contribution in [3.63, 3.8) is 0 Å². The maximum atomic E-state index is 6.56. The first-order valence-corrected chi connectivity index (χ1v) is 7.04. The molecule has 0 aliphatic heterocycles. The molecular formula is C14H17BrN2. The molecule has 2 aromatic rings. The third-order valence-electron chi connectivity index (χ3n) is 3.95. The van der Waals surface area contributed by atoms with Gasteiger partial charge in [-0.2, -0.15) is 0 Å². The van der Waals surface area contributed by atoms with Crippen molar-refractivity contribution in [2.45, 2.75) is 37.6 Å². The lowest BCUT2D eigenvalue weighted by molar-refractivity contribution is 0.302. The maximum absolute atomic E-state index is 6.56. The van der Waals surface area contributed by atoms with Crippen LogP contribution in [0.3, 0.4) is 0 Å². The second kappa shape index (κ2) is 4.14. The summed E-state index contributed by atoms with van der Waals surface area (Å²) in [6.45, 7) is 0. The van der Waals surface area contributed by atoms with E-state index in [0.29, 0.717) is 0 Å². The quantitative estimate of drug-likeness (QED) is 0.818. The lowest BCUT2D eigenvalue weighted by atomic mass is 9.77. The van der Waals surface area contributed by atoms with Crippen molar-refractivity contribution in [2.24, 2.45) is 5.73 Å². The minimum atomic E-state index is -0.108. The van der Waals surface area contributed by atoms with Crippen LogP contribution in [0, 0.1) is 0 Å². The highest BCUT2D eigenvalue weighted by molar-refractivity contribution is 9.10. The van der Waals surface area contributed by atoms with Gasteiger partial charge in [-0.1, -0.05) is 25.3 Å². The van der Waals surface area contributed by atoms with Gasteiger partial charge in [0.25, 0.3) is 0 Å². The Hall–Kier alpha value is -0.800. The Labute approximate surface area is 110 Å². The number of halogens is 1. The van der Waals surface area contributed by atoms with Crippen LogP contribution in [0.4, 0.5) is 0 Å². The van der Waals surface area contributed by atoms with Crippen LogP contribution in [0.25, 0.3) is 10.9 Å². The lowest BCUT2D eigenvalue weighted by Crippen LogP contribution is -2.38. The molecule has 1 fully saturated rings. The molecule has 0 saturated heterocycles. The van der Waals surface area contributed by atoms with Crippen LogP contribution < -0.4 is 5.73 Å². The molecule has 0 spiro atoms. The highest BCUT2D eigenvalue weighted by atomic mass is 79.9. The molecule has 2 nitrogen and oxygen atoms in total. The summed E-state index contributed by atoms with van der Waals surface area (Å²) in [5.74, 6) is 0. The molecule has 90 valence electrons. The predicted octanol–water partition coefficient (Wildman–Crippen LogP) is 4.05. The Morgan fingerprint density at radius 2 is 1.94 bits per heavy atom. The molecule has 0 unspecified atom stereocenters. The van der Waals surface area contributed by atoms with E-state index in [1.807, 2.05) is 6.20 Å². The standard InChI is InChI=1S/C14H17BrN2/c15-12-9-17-13-5-4-10(8-11(12)13)14(16)6-2-1-3-7-14/h4-5,8-9,17H,1-3,6-7,16H2. The first kappa shape index (κ1) is 11.3. The summed E-state index contributed by atoms with van der Waals surface area (Å²) in [6, 6.07) is 6.55. The van der Waals surface area contributed by atoms with Gasteiger partial charge in [-0.05, 0) is 46.5 Å². The Bertz CT molecular complexity index is 538. The fourth-order valence-electron chi connectivity index (χ4n) is 2.87. The zero-order valence-electron chi connectivity index (χ0n) is 9.80. The number of nitrogens with two attached hydrogens (primary N) is 1. The Kier molecular flexibility index (Phi) is 2.75. The molecule has 3 rings (SSSR count). The summed E-state index contributed by atoms with van der Waals surface area (Å²) in [7, 11) is 0. The van der Waals surface area contributed by atoms with Crippen LogP contribution in [0.2, 0.25) is 0 Å². The molecule has 3 N–H and O–H groups in total. The van der Waals surface area contributed by atoms with E-state index in [0.717, 1.165) is 17.3 Å². The van der Waals surface area contributed by atoms with Crippen LogP contribution in [-0.4, -0.2) is 4.98 Å². The van der Waals surface area contributed by atoms with E-state index < -0.39 is 0 Å². The number of aromatic nitrogens is 1. The van der Waals surface area contributed by atoms with Crippen molar-refractivity contribution in [3.05, 3.63) is 34.4 Å². The first-order valence-electron chi connectivity index (χ1n) is 6.25. The molecule has 3 heteroatoms. The predicted molar refractivity (Wildman–Crippen MR) is 74.9 cm³/mol. The van der Waals surface area contributed by atoms with Crippen molar-refractivity contribution in [3.8, 4) is 0 Å². The fourth-order valence-corrected chi connectivity index (χ4v) is 3.31.